The summed E-state index contributed by atoms with van der Waals surface area (Å²) in [5, 5.41) is 23.8. The molecule has 21 heavy (non-hydrogen) atoms. The quantitative estimate of drug-likeness (QED) is 0.779. The Kier molecular flexibility index (Phi) is 5.28. The lowest BCUT2D eigenvalue weighted by Gasteiger charge is -2.36. The number of benzene rings is 1. The summed E-state index contributed by atoms with van der Waals surface area (Å²) in [6, 6.07) is 4.01. The average molecular weight is 291 g/mol. The predicted octanol–water partition coefficient (Wildman–Crippen LogP) is 3.43. The minimum absolute atomic E-state index is 0.385. The third-order valence-corrected chi connectivity index (χ3v) is 4.95. The molecule has 1 saturated carbocycles. The van der Waals surface area contributed by atoms with E-state index in [0.29, 0.717) is 12.3 Å². The molecule has 1 aliphatic carbocycles. The molecule has 0 bridgehead atoms. The number of hydrogen-bond donors (Lipinski definition) is 3. The smallest absolute Gasteiger partial charge is 0.121 e. The molecule has 0 aliphatic heterocycles. The summed E-state index contributed by atoms with van der Waals surface area (Å²) in [5.74, 6) is 1.18. The summed E-state index contributed by atoms with van der Waals surface area (Å²) in [7, 11) is 0. The zero-order valence-corrected chi connectivity index (χ0v) is 13.6. The Morgan fingerprint density at radius 1 is 1.19 bits per heavy atom. The van der Waals surface area contributed by atoms with E-state index < -0.39 is 5.60 Å². The van der Waals surface area contributed by atoms with Gasteiger partial charge in [0.15, 0.2) is 0 Å². The minimum atomic E-state index is -0.535. The Bertz CT molecular complexity index is 453. The highest BCUT2D eigenvalue weighted by molar-refractivity contribution is 5.42. The number of rotatable bonds is 5. The van der Waals surface area contributed by atoms with Crippen LogP contribution in [0, 0.1) is 19.8 Å². The molecule has 1 aromatic rings. The molecule has 3 heteroatoms. The molecule has 118 valence electrons. The summed E-state index contributed by atoms with van der Waals surface area (Å²) in [6.07, 6.45) is 5.34. The van der Waals surface area contributed by atoms with Gasteiger partial charge in [-0.25, -0.2) is 0 Å². The fourth-order valence-corrected chi connectivity index (χ4v) is 3.39. The van der Waals surface area contributed by atoms with Crippen LogP contribution in [0.4, 0.5) is 0 Å². The van der Waals surface area contributed by atoms with Gasteiger partial charge in [-0.15, -0.1) is 0 Å². The van der Waals surface area contributed by atoms with Gasteiger partial charge in [-0.1, -0.05) is 25.5 Å². The summed E-state index contributed by atoms with van der Waals surface area (Å²) in [5.41, 5.74) is 2.45. The van der Waals surface area contributed by atoms with Crippen LogP contribution in [0.25, 0.3) is 0 Å². The number of hydrogen-bond acceptors (Lipinski definition) is 3. The molecule has 2 rings (SSSR count). The third kappa shape index (κ3) is 4.21. The first-order chi connectivity index (χ1) is 9.93. The van der Waals surface area contributed by atoms with E-state index >= 15 is 0 Å². The number of nitrogens with one attached hydrogen (secondary N) is 1. The van der Waals surface area contributed by atoms with Gasteiger partial charge in [0.05, 0.1) is 5.60 Å². The first-order valence-electron chi connectivity index (χ1n) is 8.16. The second-order valence-corrected chi connectivity index (χ2v) is 6.76. The van der Waals surface area contributed by atoms with Gasteiger partial charge in [0.2, 0.25) is 0 Å². The first-order valence-corrected chi connectivity index (χ1v) is 8.16. The van der Waals surface area contributed by atoms with Crippen LogP contribution in [-0.4, -0.2) is 22.4 Å². The second-order valence-electron chi connectivity index (χ2n) is 6.76. The van der Waals surface area contributed by atoms with E-state index in [0.717, 1.165) is 54.8 Å². The van der Waals surface area contributed by atoms with Gasteiger partial charge >= 0.3 is 0 Å². The van der Waals surface area contributed by atoms with Crippen molar-refractivity contribution in [1.29, 1.82) is 0 Å². The third-order valence-electron chi connectivity index (χ3n) is 4.95. The van der Waals surface area contributed by atoms with Crippen LogP contribution >= 0.6 is 0 Å². The van der Waals surface area contributed by atoms with Crippen molar-refractivity contribution in [2.45, 2.75) is 65.0 Å². The molecular formula is C18H29NO2. The highest BCUT2D eigenvalue weighted by atomic mass is 16.3. The number of aliphatic hydroxyl groups is 1. The Labute approximate surface area is 128 Å². The van der Waals surface area contributed by atoms with E-state index in [-0.39, 0.29) is 0 Å². The van der Waals surface area contributed by atoms with Gasteiger partial charge in [-0.05, 0) is 62.1 Å². The van der Waals surface area contributed by atoms with Gasteiger partial charge in [0.1, 0.15) is 5.75 Å². The van der Waals surface area contributed by atoms with E-state index in [1.165, 1.54) is 6.42 Å². The van der Waals surface area contributed by atoms with Crippen LogP contribution in [0.2, 0.25) is 0 Å². The summed E-state index contributed by atoms with van der Waals surface area (Å²) in [6.45, 7) is 7.48. The average Bonchev–Trinajstić information content (AvgIpc) is 2.45. The van der Waals surface area contributed by atoms with E-state index in [1.807, 2.05) is 26.0 Å². The van der Waals surface area contributed by atoms with Crippen LogP contribution in [0.1, 0.15) is 55.7 Å². The van der Waals surface area contributed by atoms with Gasteiger partial charge in [-0.2, -0.15) is 0 Å². The van der Waals surface area contributed by atoms with Crippen molar-refractivity contribution in [1.82, 2.24) is 5.32 Å². The van der Waals surface area contributed by atoms with Gasteiger partial charge in [0.25, 0.3) is 0 Å². The molecule has 0 heterocycles. The summed E-state index contributed by atoms with van der Waals surface area (Å²) >= 11 is 0. The zero-order chi connectivity index (χ0) is 15.5. The van der Waals surface area contributed by atoms with Gasteiger partial charge in [0, 0.05) is 13.1 Å². The molecule has 1 fully saturated rings. The molecule has 3 N–H and O–H groups in total. The first kappa shape index (κ1) is 16.3. The Hall–Kier alpha value is -1.06. The molecule has 1 aliphatic rings. The normalized spacial score (nSPS) is 26.0. The van der Waals surface area contributed by atoms with E-state index in [9.17, 15) is 10.2 Å². The lowest BCUT2D eigenvalue weighted by molar-refractivity contribution is -0.00881. The Balaban J connectivity index is 1.84. The predicted molar refractivity (Wildman–Crippen MR) is 86.5 cm³/mol. The van der Waals surface area contributed by atoms with Crippen LogP contribution in [-0.2, 0) is 6.54 Å². The largest absolute Gasteiger partial charge is 0.507 e. The standard InChI is InChI=1S/C18H29NO2/c1-4-15-5-7-18(21,8-6-15)12-19-11-16-9-13(2)17(20)14(3)10-16/h9-10,15,19-21H,4-8,11-12H2,1-3H3. The van der Waals surface area contributed by atoms with Crippen molar-refractivity contribution in [3.8, 4) is 5.75 Å². The molecular weight excluding hydrogens is 262 g/mol. The second kappa shape index (κ2) is 6.80. The SMILES string of the molecule is CCC1CCC(O)(CNCc2cc(C)c(O)c(C)c2)CC1. The number of phenolic OH excluding ortho intramolecular Hbond substituents is 1. The van der Waals surface area contributed by atoms with E-state index in [1.54, 1.807) is 0 Å². The number of aryl methyl sites for hydroxylation is 2. The molecule has 0 saturated heterocycles. The fraction of sp³-hybridized carbons (Fsp3) is 0.667. The number of phenols is 1. The van der Waals surface area contributed by atoms with Crippen molar-refractivity contribution in [3.63, 3.8) is 0 Å². The maximum atomic E-state index is 10.6. The molecule has 0 atom stereocenters. The maximum absolute atomic E-state index is 10.6. The summed E-state index contributed by atoms with van der Waals surface area (Å²) in [4.78, 5) is 0. The molecule has 0 spiro atoms. The molecule has 0 radical (unpaired) electrons. The van der Waals surface area contributed by atoms with E-state index in [2.05, 4.69) is 12.2 Å². The van der Waals surface area contributed by atoms with Gasteiger partial charge < -0.3 is 15.5 Å². The van der Waals surface area contributed by atoms with Crippen LogP contribution in [0.5, 0.6) is 5.75 Å². The Morgan fingerprint density at radius 2 is 1.76 bits per heavy atom. The molecule has 0 amide bonds. The van der Waals surface area contributed by atoms with Crippen molar-refractivity contribution in [3.05, 3.63) is 28.8 Å². The maximum Gasteiger partial charge on any atom is 0.121 e. The topological polar surface area (TPSA) is 52.5 Å². The fourth-order valence-electron chi connectivity index (χ4n) is 3.39. The van der Waals surface area contributed by atoms with E-state index in [4.69, 9.17) is 0 Å². The molecule has 0 aromatic heterocycles. The molecule has 3 nitrogen and oxygen atoms in total. The van der Waals surface area contributed by atoms with Crippen molar-refractivity contribution < 1.29 is 10.2 Å². The van der Waals surface area contributed by atoms with Crippen molar-refractivity contribution in [2.24, 2.45) is 5.92 Å². The van der Waals surface area contributed by atoms with Gasteiger partial charge in [-0.3, -0.25) is 0 Å². The monoisotopic (exact) mass is 291 g/mol. The Morgan fingerprint density at radius 3 is 2.29 bits per heavy atom. The lowest BCUT2D eigenvalue weighted by Crippen LogP contribution is -2.43. The van der Waals surface area contributed by atoms with Crippen molar-refractivity contribution in [2.75, 3.05) is 6.54 Å². The lowest BCUT2D eigenvalue weighted by atomic mass is 9.78. The highest BCUT2D eigenvalue weighted by Gasteiger charge is 2.32. The minimum Gasteiger partial charge on any atom is -0.507 e. The number of aromatic hydroxyl groups is 1. The van der Waals surface area contributed by atoms with Crippen LogP contribution in [0.3, 0.4) is 0 Å². The van der Waals surface area contributed by atoms with Crippen molar-refractivity contribution >= 4 is 0 Å². The van der Waals surface area contributed by atoms with Crippen LogP contribution in [0.15, 0.2) is 12.1 Å². The molecule has 0 unspecified atom stereocenters. The molecule has 1 aromatic carbocycles. The summed E-state index contributed by atoms with van der Waals surface area (Å²) < 4.78 is 0. The zero-order valence-electron chi connectivity index (χ0n) is 13.6. The van der Waals surface area contributed by atoms with Crippen LogP contribution < -0.4 is 5.32 Å². The highest BCUT2D eigenvalue weighted by Crippen LogP contribution is 2.33.